The molecule has 0 aliphatic carbocycles. The van der Waals surface area contributed by atoms with E-state index in [2.05, 4.69) is 0 Å². The second-order valence-corrected chi connectivity index (χ2v) is 10.1. The van der Waals surface area contributed by atoms with Crippen LogP contribution in [0.25, 0.3) is 11.1 Å². The first kappa shape index (κ1) is 22.6. The third-order valence-electron chi connectivity index (χ3n) is 5.79. The number of amides is 2. The highest BCUT2D eigenvalue weighted by Crippen LogP contribution is 2.39. The molecule has 172 valence electrons. The van der Waals surface area contributed by atoms with Gasteiger partial charge in [-0.1, -0.05) is 18.2 Å². The van der Waals surface area contributed by atoms with E-state index in [0.29, 0.717) is 23.6 Å². The summed E-state index contributed by atoms with van der Waals surface area (Å²) < 4.78 is 30.1. The standard InChI is InChI=1S/C24H25N3O5S/c1-16-15-26(24(29)23-6-5-13-32-23)22-14-19(9-12-21(22)27(16)17(2)28)18-7-10-20(11-8-18)25(3)33(4,30)31/h5-14,16H,15H2,1-4H3. The molecule has 0 N–H and O–H groups in total. The van der Waals surface area contributed by atoms with E-state index in [0.717, 1.165) is 17.4 Å². The summed E-state index contributed by atoms with van der Waals surface area (Å²) in [7, 11) is -1.86. The lowest BCUT2D eigenvalue weighted by atomic mass is 10.00. The Morgan fingerprint density at radius 1 is 1.03 bits per heavy atom. The van der Waals surface area contributed by atoms with Crippen LogP contribution in [0, 0.1) is 0 Å². The van der Waals surface area contributed by atoms with Crippen LogP contribution in [0.2, 0.25) is 0 Å². The van der Waals surface area contributed by atoms with Gasteiger partial charge in [-0.3, -0.25) is 13.9 Å². The Bertz CT molecular complexity index is 1300. The Morgan fingerprint density at radius 3 is 2.27 bits per heavy atom. The number of benzene rings is 2. The summed E-state index contributed by atoms with van der Waals surface area (Å²) in [6.07, 6.45) is 2.60. The molecule has 1 aliphatic heterocycles. The van der Waals surface area contributed by atoms with E-state index < -0.39 is 10.0 Å². The maximum absolute atomic E-state index is 13.2. The predicted octanol–water partition coefficient (Wildman–Crippen LogP) is 3.74. The van der Waals surface area contributed by atoms with Gasteiger partial charge in [0, 0.05) is 20.5 Å². The van der Waals surface area contributed by atoms with Crippen molar-refractivity contribution >= 4 is 38.9 Å². The fourth-order valence-electron chi connectivity index (χ4n) is 4.07. The first-order valence-corrected chi connectivity index (χ1v) is 12.3. The number of hydrogen-bond donors (Lipinski definition) is 0. The summed E-state index contributed by atoms with van der Waals surface area (Å²) >= 11 is 0. The lowest BCUT2D eigenvalue weighted by Crippen LogP contribution is -2.51. The number of furan rings is 1. The molecular weight excluding hydrogens is 442 g/mol. The molecule has 1 atom stereocenters. The zero-order valence-corrected chi connectivity index (χ0v) is 19.7. The van der Waals surface area contributed by atoms with Crippen molar-refractivity contribution in [2.24, 2.45) is 0 Å². The Hall–Kier alpha value is -3.59. The fraction of sp³-hybridized carbons (Fsp3) is 0.250. The maximum atomic E-state index is 13.2. The minimum absolute atomic E-state index is 0.102. The molecule has 0 radical (unpaired) electrons. The molecule has 0 bridgehead atoms. The van der Waals surface area contributed by atoms with Crippen LogP contribution in [0.15, 0.2) is 65.3 Å². The van der Waals surface area contributed by atoms with Crippen molar-refractivity contribution < 1.29 is 22.4 Å². The van der Waals surface area contributed by atoms with Crippen LogP contribution in [0.3, 0.4) is 0 Å². The lowest BCUT2D eigenvalue weighted by Gasteiger charge is -2.40. The highest BCUT2D eigenvalue weighted by molar-refractivity contribution is 7.92. The molecule has 1 unspecified atom stereocenters. The number of carbonyl (C=O) groups is 2. The normalized spacial score (nSPS) is 15.8. The van der Waals surface area contributed by atoms with Crippen molar-refractivity contribution in [3.8, 4) is 11.1 Å². The van der Waals surface area contributed by atoms with E-state index in [-0.39, 0.29) is 23.6 Å². The Kier molecular flexibility index (Phi) is 5.75. The summed E-state index contributed by atoms with van der Waals surface area (Å²) in [6, 6.07) is 15.8. The maximum Gasteiger partial charge on any atom is 0.294 e. The number of rotatable bonds is 4. The SMILES string of the molecule is CC(=O)N1c2ccc(-c3ccc(N(C)S(C)(=O)=O)cc3)cc2N(C(=O)c2ccco2)CC1C. The average Bonchev–Trinajstić information content (AvgIpc) is 3.31. The second-order valence-electron chi connectivity index (χ2n) is 8.11. The minimum Gasteiger partial charge on any atom is -0.459 e. The number of nitrogens with zero attached hydrogens (tertiary/aromatic N) is 3. The average molecular weight is 468 g/mol. The van der Waals surface area contributed by atoms with Gasteiger partial charge in [-0.25, -0.2) is 8.42 Å². The number of anilines is 3. The summed E-state index contributed by atoms with van der Waals surface area (Å²) in [5.41, 5.74) is 3.49. The van der Waals surface area contributed by atoms with E-state index >= 15 is 0 Å². The lowest BCUT2D eigenvalue weighted by molar-refractivity contribution is -0.117. The van der Waals surface area contributed by atoms with Gasteiger partial charge in [-0.15, -0.1) is 0 Å². The Labute approximate surface area is 193 Å². The molecule has 2 aromatic carbocycles. The number of hydrogen-bond acceptors (Lipinski definition) is 5. The second kappa shape index (κ2) is 8.40. The van der Waals surface area contributed by atoms with Gasteiger partial charge in [-0.2, -0.15) is 0 Å². The zero-order chi connectivity index (χ0) is 23.9. The summed E-state index contributed by atoms with van der Waals surface area (Å²) in [6.45, 7) is 3.74. The molecule has 4 rings (SSSR count). The molecular formula is C24H25N3O5S. The predicted molar refractivity (Wildman–Crippen MR) is 128 cm³/mol. The summed E-state index contributed by atoms with van der Waals surface area (Å²) in [5.74, 6) is -0.156. The van der Waals surface area contributed by atoms with Gasteiger partial charge in [0.2, 0.25) is 15.9 Å². The van der Waals surface area contributed by atoms with Gasteiger partial charge in [0.1, 0.15) is 0 Å². The van der Waals surface area contributed by atoms with Crippen molar-refractivity contribution in [2.45, 2.75) is 19.9 Å². The van der Waals surface area contributed by atoms with Crippen LogP contribution < -0.4 is 14.1 Å². The van der Waals surface area contributed by atoms with Crippen LogP contribution in [0.5, 0.6) is 0 Å². The molecule has 3 aromatic rings. The van der Waals surface area contributed by atoms with Crippen molar-refractivity contribution in [1.29, 1.82) is 0 Å². The van der Waals surface area contributed by atoms with Crippen molar-refractivity contribution in [2.75, 3.05) is 34.0 Å². The number of carbonyl (C=O) groups excluding carboxylic acids is 2. The van der Waals surface area contributed by atoms with Gasteiger partial charge >= 0.3 is 0 Å². The Balaban J connectivity index is 1.77. The molecule has 2 amide bonds. The van der Waals surface area contributed by atoms with Crippen LogP contribution >= 0.6 is 0 Å². The van der Waals surface area contributed by atoms with E-state index in [9.17, 15) is 18.0 Å². The van der Waals surface area contributed by atoms with Crippen LogP contribution in [0.1, 0.15) is 24.4 Å². The fourth-order valence-corrected chi connectivity index (χ4v) is 4.57. The quantitative estimate of drug-likeness (QED) is 0.583. The molecule has 8 nitrogen and oxygen atoms in total. The van der Waals surface area contributed by atoms with Crippen molar-refractivity contribution in [1.82, 2.24) is 0 Å². The van der Waals surface area contributed by atoms with E-state index in [1.54, 1.807) is 34.1 Å². The topological polar surface area (TPSA) is 91.1 Å². The van der Waals surface area contributed by atoms with Crippen LogP contribution in [0.4, 0.5) is 17.1 Å². The number of sulfonamides is 1. The molecule has 0 saturated carbocycles. The van der Waals surface area contributed by atoms with E-state index in [1.807, 2.05) is 37.3 Å². The monoisotopic (exact) mass is 467 g/mol. The first-order chi connectivity index (χ1) is 15.6. The third-order valence-corrected chi connectivity index (χ3v) is 7.00. The third kappa shape index (κ3) is 4.23. The first-order valence-electron chi connectivity index (χ1n) is 10.4. The zero-order valence-electron chi connectivity index (χ0n) is 18.8. The largest absolute Gasteiger partial charge is 0.459 e. The summed E-state index contributed by atoms with van der Waals surface area (Å²) in [4.78, 5) is 28.9. The van der Waals surface area contributed by atoms with Gasteiger partial charge in [0.25, 0.3) is 5.91 Å². The Morgan fingerprint density at radius 2 is 1.70 bits per heavy atom. The molecule has 0 fully saturated rings. The highest BCUT2D eigenvalue weighted by Gasteiger charge is 2.35. The molecule has 33 heavy (non-hydrogen) atoms. The van der Waals surface area contributed by atoms with Crippen molar-refractivity contribution in [3.05, 3.63) is 66.6 Å². The van der Waals surface area contributed by atoms with Crippen molar-refractivity contribution in [3.63, 3.8) is 0 Å². The minimum atomic E-state index is -3.36. The highest BCUT2D eigenvalue weighted by atomic mass is 32.2. The van der Waals surface area contributed by atoms with Gasteiger partial charge in [0.05, 0.1) is 35.6 Å². The molecule has 9 heteroatoms. The molecule has 2 heterocycles. The summed E-state index contributed by atoms with van der Waals surface area (Å²) in [5, 5.41) is 0. The number of fused-ring (bicyclic) bond motifs is 1. The smallest absolute Gasteiger partial charge is 0.294 e. The molecule has 0 spiro atoms. The van der Waals surface area contributed by atoms with E-state index in [1.165, 1.54) is 24.5 Å². The molecule has 0 saturated heterocycles. The molecule has 1 aromatic heterocycles. The van der Waals surface area contributed by atoms with Gasteiger partial charge in [0.15, 0.2) is 5.76 Å². The van der Waals surface area contributed by atoms with Crippen LogP contribution in [-0.4, -0.2) is 46.1 Å². The van der Waals surface area contributed by atoms with E-state index in [4.69, 9.17) is 4.42 Å². The van der Waals surface area contributed by atoms with Crippen LogP contribution in [-0.2, 0) is 14.8 Å². The van der Waals surface area contributed by atoms with Gasteiger partial charge < -0.3 is 14.2 Å². The molecule has 1 aliphatic rings. The van der Waals surface area contributed by atoms with Gasteiger partial charge in [-0.05, 0) is 54.4 Å².